The SMILES string of the molecule is NC(=O)C1(C(=O)N(c2ccc(F)cc2)c2ccc(Oc3ccnc4cc(Cn5ccnc5)ncc34)c(F)c2)CC1. The van der Waals surface area contributed by atoms with E-state index in [1.165, 1.54) is 41.3 Å². The molecule has 9 nitrogen and oxygen atoms in total. The van der Waals surface area contributed by atoms with Crippen LogP contribution in [0, 0.1) is 17.0 Å². The van der Waals surface area contributed by atoms with Crippen molar-refractivity contribution in [2.75, 3.05) is 4.90 Å². The first-order chi connectivity index (χ1) is 19.3. The van der Waals surface area contributed by atoms with Crippen LogP contribution in [0.3, 0.4) is 0 Å². The van der Waals surface area contributed by atoms with E-state index in [0.29, 0.717) is 23.2 Å². The lowest BCUT2D eigenvalue weighted by Crippen LogP contribution is -2.41. The molecule has 0 saturated heterocycles. The van der Waals surface area contributed by atoms with Gasteiger partial charge in [-0.15, -0.1) is 0 Å². The van der Waals surface area contributed by atoms with Crippen molar-refractivity contribution in [2.24, 2.45) is 11.1 Å². The van der Waals surface area contributed by atoms with Gasteiger partial charge in [0.05, 0.1) is 35.2 Å². The molecule has 0 bridgehead atoms. The molecule has 2 aromatic carbocycles. The molecule has 0 unspecified atom stereocenters. The maximum atomic E-state index is 15.4. The monoisotopic (exact) mass is 540 g/mol. The quantitative estimate of drug-likeness (QED) is 0.281. The lowest BCUT2D eigenvalue weighted by atomic mass is 10.0. The van der Waals surface area contributed by atoms with Crippen molar-refractivity contribution in [3.63, 3.8) is 0 Å². The van der Waals surface area contributed by atoms with E-state index in [4.69, 9.17) is 10.5 Å². The summed E-state index contributed by atoms with van der Waals surface area (Å²) in [7, 11) is 0. The van der Waals surface area contributed by atoms with Gasteiger partial charge in [0.1, 0.15) is 17.0 Å². The van der Waals surface area contributed by atoms with Crippen LogP contribution < -0.4 is 15.4 Å². The number of aromatic nitrogens is 4. The Balaban J connectivity index is 1.31. The van der Waals surface area contributed by atoms with Crippen LogP contribution in [-0.2, 0) is 16.1 Å². The topological polar surface area (TPSA) is 116 Å². The molecule has 3 aromatic heterocycles. The number of anilines is 2. The number of imidazole rings is 1. The molecule has 0 atom stereocenters. The molecule has 5 aromatic rings. The summed E-state index contributed by atoms with van der Waals surface area (Å²) in [5.74, 6) is -2.36. The molecule has 1 fully saturated rings. The highest BCUT2D eigenvalue weighted by Crippen LogP contribution is 2.49. The van der Waals surface area contributed by atoms with Gasteiger partial charge in [-0.3, -0.25) is 24.5 Å². The summed E-state index contributed by atoms with van der Waals surface area (Å²) in [5, 5.41) is 0.584. The molecule has 3 heterocycles. The Hall–Kier alpha value is -5.19. The first-order valence-corrected chi connectivity index (χ1v) is 12.4. The van der Waals surface area contributed by atoms with Crippen molar-refractivity contribution in [1.82, 2.24) is 19.5 Å². The second-order valence-electron chi connectivity index (χ2n) is 9.52. The number of ether oxygens (including phenoxy) is 1. The summed E-state index contributed by atoms with van der Waals surface area (Å²) in [6.07, 6.45) is 8.94. The molecule has 40 heavy (non-hydrogen) atoms. The van der Waals surface area contributed by atoms with Crippen LogP contribution in [0.4, 0.5) is 20.2 Å². The number of halogens is 2. The zero-order valence-corrected chi connectivity index (χ0v) is 21.0. The van der Waals surface area contributed by atoms with Gasteiger partial charge >= 0.3 is 0 Å². The normalized spacial score (nSPS) is 13.7. The Morgan fingerprint density at radius 3 is 2.42 bits per heavy atom. The number of primary amides is 1. The number of nitrogens with two attached hydrogens (primary N) is 1. The van der Waals surface area contributed by atoms with Crippen LogP contribution in [0.2, 0.25) is 0 Å². The number of pyridine rings is 2. The number of benzene rings is 2. The number of rotatable bonds is 8. The Morgan fingerprint density at radius 2 is 1.75 bits per heavy atom. The Morgan fingerprint density at radius 1 is 0.975 bits per heavy atom. The standard InChI is InChI=1S/C29H22F2N6O3/c30-18-1-3-20(4-2-18)37(28(39)29(8-9-29)27(32)38)21-5-6-26(23(31)14-21)40-25-7-10-34-24-13-19(35-15-22(24)25)16-36-12-11-33-17-36/h1-7,10-15,17H,8-9,16H2,(H2,32,38). The fourth-order valence-electron chi connectivity index (χ4n) is 4.51. The van der Waals surface area contributed by atoms with Crippen LogP contribution in [-0.4, -0.2) is 31.3 Å². The number of amides is 2. The molecule has 2 amide bonds. The third-order valence-electron chi connectivity index (χ3n) is 6.86. The van der Waals surface area contributed by atoms with Gasteiger partial charge in [-0.25, -0.2) is 13.8 Å². The number of fused-ring (bicyclic) bond motifs is 1. The second kappa shape index (κ2) is 9.84. The first kappa shape index (κ1) is 25.1. The summed E-state index contributed by atoms with van der Waals surface area (Å²) in [6.45, 7) is 0.513. The maximum Gasteiger partial charge on any atom is 0.247 e. The van der Waals surface area contributed by atoms with Crippen molar-refractivity contribution >= 4 is 34.1 Å². The van der Waals surface area contributed by atoms with E-state index in [2.05, 4.69) is 15.0 Å². The highest BCUT2D eigenvalue weighted by Gasteiger charge is 2.57. The van der Waals surface area contributed by atoms with E-state index < -0.39 is 28.9 Å². The summed E-state index contributed by atoms with van der Waals surface area (Å²) in [5.41, 5.74) is 5.94. The number of carbonyl (C=O) groups is 2. The minimum atomic E-state index is -1.38. The molecule has 0 aliphatic heterocycles. The highest BCUT2D eigenvalue weighted by molar-refractivity contribution is 6.16. The van der Waals surface area contributed by atoms with Crippen LogP contribution in [0.1, 0.15) is 18.5 Å². The van der Waals surface area contributed by atoms with E-state index in [-0.39, 0.29) is 30.0 Å². The van der Waals surface area contributed by atoms with Crippen molar-refractivity contribution in [2.45, 2.75) is 19.4 Å². The van der Waals surface area contributed by atoms with E-state index in [1.807, 2.05) is 16.8 Å². The zero-order chi connectivity index (χ0) is 27.9. The summed E-state index contributed by atoms with van der Waals surface area (Å²) in [4.78, 5) is 39.6. The van der Waals surface area contributed by atoms with Gasteiger partial charge in [0, 0.05) is 36.5 Å². The van der Waals surface area contributed by atoms with Gasteiger partial charge < -0.3 is 15.0 Å². The van der Waals surface area contributed by atoms with Gasteiger partial charge in [-0.2, -0.15) is 0 Å². The molecule has 1 aliphatic rings. The molecule has 1 saturated carbocycles. The highest BCUT2D eigenvalue weighted by atomic mass is 19.1. The largest absolute Gasteiger partial charge is 0.453 e. The molecule has 1 aliphatic carbocycles. The van der Waals surface area contributed by atoms with Crippen molar-refractivity contribution in [3.05, 3.63) is 103 Å². The molecular weight excluding hydrogens is 518 g/mol. The number of nitrogens with zero attached hydrogens (tertiary/aromatic N) is 5. The molecule has 11 heteroatoms. The van der Waals surface area contributed by atoms with Crippen molar-refractivity contribution in [1.29, 1.82) is 0 Å². The fraction of sp³-hybridized carbons (Fsp3) is 0.138. The van der Waals surface area contributed by atoms with Crippen LogP contribution in [0.15, 0.2) is 85.7 Å². The average molecular weight is 541 g/mol. The molecule has 0 spiro atoms. The van der Waals surface area contributed by atoms with E-state index >= 15 is 4.39 Å². The summed E-state index contributed by atoms with van der Waals surface area (Å²) >= 11 is 0. The Labute approximate surface area is 226 Å². The average Bonchev–Trinajstić information content (AvgIpc) is 3.62. The lowest BCUT2D eigenvalue weighted by molar-refractivity contribution is -0.133. The van der Waals surface area contributed by atoms with Crippen LogP contribution in [0.5, 0.6) is 11.5 Å². The molecule has 0 radical (unpaired) electrons. The lowest BCUT2D eigenvalue weighted by Gasteiger charge is -2.26. The first-order valence-electron chi connectivity index (χ1n) is 12.4. The van der Waals surface area contributed by atoms with Gasteiger partial charge in [-0.1, -0.05) is 0 Å². The molecular formula is C29H22F2N6O3. The van der Waals surface area contributed by atoms with Gasteiger partial charge in [0.15, 0.2) is 11.6 Å². The predicted octanol–water partition coefficient (Wildman–Crippen LogP) is 4.88. The number of hydrogen-bond acceptors (Lipinski definition) is 6. The summed E-state index contributed by atoms with van der Waals surface area (Å²) < 4.78 is 36.8. The van der Waals surface area contributed by atoms with Crippen molar-refractivity contribution in [3.8, 4) is 11.5 Å². The minimum absolute atomic E-state index is 0.0960. The zero-order valence-electron chi connectivity index (χ0n) is 21.0. The third kappa shape index (κ3) is 4.62. The van der Waals surface area contributed by atoms with Gasteiger partial charge in [0.2, 0.25) is 11.8 Å². The third-order valence-corrected chi connectivity index (χ3v) is 6.86. The van der Waals surface area contributed by atoms with Gasteiger partial charge in [0.25, 0.3) is 0 Å². The van der Waals surface area contributed by atoms with E-state index in [0.717, 1.165) is 11.8 Å². The van der Waals surface area contributed by atoms with E-state index in [9.17, 15) is 14.0 Å². The fourth-order valence-corrected chi connectivity index (χ4v) is 4.51. The predicted molar refractivity (Wildman–Crippen MR) is 142 cm³/mol. The van der Waals surface area contributed by atoms with Crippen LogP contribution >= 0.6 is 0 Å². The molecule has 6 rings (SSSR count). The second-order valence-corrected chi connectivity index (χ2v) is 9.52. The molecule has 2 N–H and O–H groups in total. The number of hydrogen-bond donors (Lipinski definition) is 1. The minimum Gasteiger partial charge on any atom is -0.453 e. The van der Waals surface area contributed by atoms with Crippen LogP contribution in [0.25, 0.3) is 10.9 Å². The van der Waals surface area contributed by atoms with E-state index in [1.54, 1.807) is 31.0 Å². The smallest absolute Gasteiger partial charge is 0.247 e. The number of carbonyl (C=O) groups excluding carboxylic acids is 2. The van der Waals surface area contributed by atoms with Gasteiger partial charge in [-0.05, 0) is 61.4 Å². The Bertz CT molecular complexity index is 1740. The summed E-state index contributed by atoms with van der Waals surface area (Å²) in [6, 6.07) is 12.5. The Kier molecular flexibility index (Phi) is 6.18. The van der Waals surface area contributed by atoms with Crippen molar-refractivity contribution < 1.29 is 23.1 Å². The molecule has 200 valence electrons. The maximum absolute atomic E-state index is 15.4.